The van der Waals surface area contributed by atoms with Crippen LogP contribution in [0.4, 0.5) is 5.69 Å². The van der Waals surface area contributed by atoms with Crippen molar-refractivity contribution in [3.05, 3.63) is 51.3 Å². The molecule has 108 valence electrons. The molecular weight excluding hydrogens is 309 g/mol. The van der Waals surface area contributed by atoms with Crippen LogP contribution in [0, 0.1) is 18.8 Å². The maximum atomic E-state index is 12.2. The molecule has 0 aliphatic rings. The number of aromatic amines is 1. The van der Waals surface area contributed by atoms with Gasteiger partial charge in [0.25, 0.3) is 5.91 Å². The Labute approximate surface area is 132 Å². The SMILES string of the molecule is Cc1ccc(C#CCN)c(NC(=O)c2cc(Cl)c(Cl)[nH]2)c1. The van der Waals surface area contributed by atoms with E-state index < -0.39 is 0 Å². The first-order valence-electron chi connectivity index (χ1n) is 6.16. The normalized spacial score (nSPS) is 9.90. The summed E-state index contributed by atoms with van der Waals surface area (Å²) in [7, 11) is 0. The van der Waals surface area contributed by atoms with E-state index in [1.165, 1.54) is 6.07 Å². The number of nitrogens with two attached hydrogens (primary N) is 1. The Morgan fingerprint density at radius 2 is 2.14 bits per heavy atom. The van der Waals surface area contributed by atoms with Gasteiger partial charge < -0.3 is 16.0 Å². The minimum absolute atomic E-state index is 0.231. The van der Waals surface area contributed by atoms with Crippen LogP contribution in [0.1, 0.15) is 21.6 Å². The van der Waals surface area contributed by atoms with Gasteiger partial charge in [-0.2, -0.15) is 0 Å². The number of carbonyl (C=O) groups excluding carboxylic acids is 1. The van der Waals surface area contributed by atoms with Crippen LogP contribution in [0.3, 0.4) is 0 Å². The van der Waals surface area contributed by atoms with Crippen LogP contribution in [0.5, 0.6) is 0 Å². The Morgan fingerprint density at radius 3 is 2.76 bits per heavy atom. The van der Waals surface area contributed by atoms with E-state index in [1.807, 2.05) is 25.1 Å². The topological polar surface area (TPSA) is 70.9 Å². The summed E-state index contributed by atoms with van der Waals surface area (Å²) in [6, 6.07) is 7.06. The third-order valence-corrected chi connectivity index (χ3v) is 3.41. The molecule has 4 nitrogen and oxygen atoms in total. The minimum Gasteiger partial charge on any atom is -0.340 e. The number of carbonyl (C=O) groups is 1. The number of aromatic nitrogens is 1. The Kier molecular flexibility index (Phi) is 4.92. The fourth-order valence-corrected chi connectivity index (χ4v) is 2.05. The van der Waals surface area contributed by atoms with Crippen molar-refractivity contribution in [2.75, 3.05) is 11.9 Å². The molecule has 0 radical (unpaired) electrons. The van der Waals surface area contributed by atoms with E-state index in [-0.39, 0.29) is 23.3 Å². The van der Waals surface area contributed by atoms with Gasteiger partial charge in [0.15, 0.2) is 0 Å². The van der Waals surface area contributed by atoms with Gasteiger partial charge in [-0.3, -0.25) is 4.79 Å². The first-order valence-corrected chi connectivity index (χ1v) is 6.92. The molecule has 1 amide bonds. The summed E-state index contributed by atoms with van der Waals surface area (Å²) in [4.78, 5) is 14.9. The lowest BCUT2D eigenvalue weighted by molar-refractivity contribution is 0.102. The fraction of sp³-hybridized carbons (Fsp3) is 0.133. The monoisotopic (exact) mass is 321 g/mol. The summed E-state index contributed by atoms with van der Waals surface area (Å²) in [5.41, 5.74) is 7.97. The molecule has 0 atom stereocenters. The van der Waals surface area contributed by atoms with Crippen molar-refractivity contribution in [2.45, 2.75) is 6.92 Å². The molecule has 0 aliphatic carbocycles. The molecule has 0 fully saturated rings. The number of halogens is 2. The molecule has 2 aromatic rings. The maximum absolute atomic E-state index is 12.2. The highest BCUT2D eigenvalue weighted by Gasteiger charge is 2.13. The number of hydrogen-bond acceptors (Lipinski definition) is 2. The van der Waals surface area contributed by atoms with Crippen molar-refractivity contribution in [1.29, 1.82) is 0 Å². The van der Waals surface area contributed by atoms with Crippen LogP contribution < -0.4 is 11.1 Å². The smallest absolute Gasteiger partial charge is 0.272 e. The number of amides is 1. The van der Waals surface area contributed by atoms with Crippen molar-refractivity contribution in [2.24, 2.45) is 5.73 Å². The molecule has 1 aromatic carbocycles. The lowest BCUT2D eigenvalue weighted by atomic mass is 10.1. The number of benzene rings is 1. The maximum Gasteiger partial charge on any atom is 0.272 e. The Morgan fingerprint density at radius 1 is 1.38 bits per heavy atom. The average molecular weight is 322 g/mol. The van der Waals surface area contributed by atoms with Crippen molar-refractivity contribution in [3.8, 4) is 11.8 Å². The lowest BCUT2D eigenvalue weighted by Crippen LogP contribution is -2.13. The molecule has 6 heteroatoms. The molecule has 1 aromatic heterocycles. The minimum atomic E-state index is -0.342. The first-order chi connectivity index (χ1) is 10.0. The molecule has 2 rings (SSSR count). The Hall–Kier alpha value is -1.93. The molecule has 0 spiro atoms. The van der Waals surface area contributed by atoms with Crippen molar-refractivity contribution < 1.29 is 4.79 Å². The highest BCUT2D eigenvalue weighted by Crippen LogP contribution is 2.23. The van der Waals surface area contributed by atoms with Gasteiger partial charge in [-0.05, 0) is 30.7 Å². The van der Waals surface area contributed by atoms with Crippen molar-refractivity contribution >= 4 is 34.8 Å². The zero-order valence-corrected chi connectivity index (χ0v) is 12.8. The van der Waals surface area contributed by atoms with Gasteiger partial charge in [0.05, 0.1) is 17.3 Å². The zero-order chi connectivity index (χ0) is 15.4. The van der Waals surface area contributed by atoms with E-state index in [4.69, 9.17) is 28.9 Å². The third-order valence-electron chi connectivity index (χ3n) is 2.72. The quantitative estimate of drug-likeness (QED) is 0.743. The summed E-state index contributed by atoms with van der Waals surface area (Å²) >= 11 is 11.6. The highest BCUT2D eigenvalue weighted by atomic mass is 35.5. The number of rotatable bonds is 2. The standard InChI is InChI=1S/C15H13Cl2N3O/c1-9-4-5-10(3-2-6-18)12(7-9)20-15(21)13-8-11(16)14(17)19-13/h4-5,7-8,19H,6,18H2,1H3,(H,20,21). The van der Waals surface area contributed by atoms with Gasteiger partial charge in [0, 0.05) is 5.56 Å². The Bertz CT molecular complexity index is 722. The van der Waals surface area contributed by atoms with Crippen LogP contribution in [0.25, 0.3) is 0 Å². The molecular formula is C15H13Cl2N3O. The molecule has 0 saturated heterocycles. The van der Waals surface area contributed by atoms with Gasteiger partial charge in [-0.25, -0.2) is 0 Å². The van der Waals surface area contributed by atoms with Crippen LogP contribution in [0.15, 0.2) is 24.3 Å². The van der Waals surface area contributed by atoms with Gasteiger partial charge in [0.1, 0.15) is 10.8 Å². The van der Waals surface area contributed by atoms with Crippen LogP contribution in [0.2, 0.25) is 10.2 Å². The number of hydrogen-bond donors (Lipinski definition) is 3. The summed E-state index contributed by atoms with van der Waals surface area (Å²) < 4.78 is 0. The summed E-state index contributed by atoms with van der Waals surface area (Å²) in [5.74, 6) is 5.35. The second-order valence-corrected chi connectivity index (χ2v) is 5.14. The molecule has 0 saturated carbocycles. The van der Waals surface area contributed by atoms with E-state index in [1.54, 1.807) is 0 Å². The van der Waals surface area contributed by atoms with E-state index >= 15 is 0 Å². The Balaban J connectivity index is 2.29. The van der Waals surface area contributed by atoms with Gasteiger partial charge in [-0.15, -0.1) is 0 Å². The summed E-state index contributed by atoms with van der Waals surface area (Å²) in [6.07, 6.45) is 0. The zero-order valence-electron chi connectivity index (χ0n) is 11.3. The molecule has 0 unspecified atom stereocenters. The summed E-state index contributed by atoms with van der Waals surface area (Å²) in [6.45, 7) is 2.18. The number of aryl methyl sites for hydroxylation is 1. The molecule has 4 N–H and O–H groups in total. The third kappa shape index (κ3) is 3.79. The molecule has 1 heterocycles. The average Bonchev–Trinajstić information content (AvgIpc) is 2.78. The van der Waals surface area contributed by atoms with Crippen molar-refractivity contribution in [1.82, 2.24) is 4.98 Å². The number of anilines is 1. The van der Waals surface area contributed by atoms with E-state index in [2.05, 4.69) is 22.1 Å². The fourth-order valence-electron chi connectivity index (χ4n) is 1.73. The van der Waals surface area contributed by atoms with E-state index in [9.17, 15) is 4.79 Å². The van der Waals surface area contributed by atoms with E-state index in [0.717, 1.165) is 5.56 Å². The first kappa shape index (κ1) is 15.5. The van der Waals surface area contributed by atoms with Crippen LogP contribution >= 0.6 is 23.2 Å². The second kappa shape index (κ2) is 6.68. The molecule has 0 bridgehead atoms. The van der Waals surface area contributed by atoms with Gasteiger partial charge in [0.2, 0.25) is 0 Å². The van der Waals surface area contributed by atoms with Crippen LogP contribution in [-0.2, 0) is 0 Å². The second-order valence-electron chi connectivity index (χ2n) is 4.35. The lowest BCUT2D eigenvalue weighted by Gasteiger charge is -2.07. The predicted molar refractivity (Wildman–Crippen MR) is 85.9 cm³/mol. The van der Waals surface area contributed by atoms with Crippen LogP contribution in [-0.4, -0.2) is 17.4 Å². The molecule has 0 aliphatic heterocycles. The highest BCUT2D eigenvalue weighted by molar-refractivity contribution is 6.41. The predicted octanol–water partition coefficient (Wildman–Crippen LogP) is 3.19. The number of H-pyrrole nitrogens is 1. The largest absolute Gasteiger partial charge is 0.340 e. The summed E-state index contributed by atoms with van der Waals surface area (Å²) in [5, 5.41) is 3.32. The number of nitrogens with one attached hydrogen (secondary N) is 2. The van der Waals surface area contributed by atoms with Gasteiger partial charge >= 0.3 is 0 Å². The molecule has 21 heavy (non-hydrogen) atoms. The van der Waals surface area contributed by atoms with E-state index in [0.29, 0.717) is 16.3 Å². The van der Waals surface area contributed by atoms with Crippen molar-refractivity contribution in [3.63, 3.8) is 0 Å². The van der Waals surface area contributed by atoms with Gasteiger partial charge in [-0.1, -0.05) is 41.1 Å².